The van der Waals surface area contributed by atoms with E-state index < -0.39 is 31.9 Å². The molecule has 0 unspecified atom stereocenters. The molecule has 0 saturated carbocycles. The first-order chi connectivity index (χ1) is 35.1. The van der Waals surface area contributed by atoms with Crippen LogP contribution in [0.5, 0.6) is 0 Å². The van der Waals surface area contributed by atoms with Gasteiger partial charge in [-0.25, -0.2) is 0 Å². The van der Waals surface area contributed by atoms with Crippen LogP contribution in [0.1, 0.15) is 31.8 Å². The molecule has 0 saturated heterocycles. The second-order valence-electron chi connectivity index (χ2n) is 18.2. The van der Waals surface area contributed by atoms with Gasteiger partial charge in [-0.05, 0) is 0 Å². The zero-order valence-electron chi connectivity index (χ0n) is 39.5. The Bertz CT molecular complexity index is 3130. The third kappa shape index (κ3) is 6.29. The number of hydrogen-bond acceptors (Lipinski definition) is 3. The molecule has 356 valence electrons. The van der Waals surface area contributed by atoms with Crippen molar-refractivity contribution < 1.29 is 24.0 Å². The van der Waals surface area contributed by atoms with Gasteiger partial charge in [-0.15, -0.1) is 0 Å². The molecule has 10 aromatic rings. The Morgan fingerprint density at radius 2 is 0.486 bits per heavy atom. The second-order valence-corrected chi connectivity index (χ2v) is 39.4. The fraction of sp³-hybridized carbons (Fsp3) is 0.0312. The van der Waals surface area contributed by atoms with E-state index in [2.05, 4.69) is 97.1 Å². The molecule has 5 nitrogen and oxygen atoms in total. The minimum atomic E-state index is -5.81. The molecule has 0 aliphatic heterocycles. The Hall–Kier alpha value is -7.85. The first-order valence-electron chi connectivity index (χ1n) is 23.9. The van der Waals surface area contributed by atoms with Crippen LogP contribution in [0.25, 0.3) is 0 Å². The number of aromatic carboxylic acids is 2. The number of hydrogen-bond donors (Lipinski definition) is 2. The molecule has 0 aliphatic carbocycles. The number of carbonyl (C=O) groups is 2. The van der Waals surface area contributed by atoms with E-state index in [1.807, 2.05) is 170 Å². The summed E-state index contributed by atoms with van der Waals surface area (Å²) in [6.07, 6.45) is 0.437. The van der Waals surface area contributed by atoms with Gasteiger partial charge in [0, 0.05) is 0 Å². The molecule has 0 radical (unpaired) electrons. The van der Waals surface area contributed by atoms with Crippen LogP contribution in [0.4, 0.5) is 0 Å². The van der Waals surface area contributed by atoms with Crippen molar-refractivity contribution in [2.45, 2.75) is 22.1 Å². The first-order valence-corrected chi connectivity index (χ1v) is 31.9. The Morgan fingerprint density at radius 1 is 0.292 bits per heavy atom. The van der Waals surface area contributed by atoms with E-state index in [4.69, 9.17) is 0 Å². The number of benzene rings is 10. The van der Waals surface area contributed by atoms with Crippen molar-refractivity contribution in [1.29, 1.82) is 0 Å². The number of carboxylic acids is 2. The Labute approximate surface area is 420 Å². The van der Waals surface area contributed by atoms with Crippen LogP contribution >= 0.6 is 11.6 Å². The van der Waals surface area contributed by atoms with E-state index in [-0.39, 0.29) is 23.5 Å². The van der Waals surface area contributed by atoms with Crippen molar-refractivity contribution in [3.8, 4) is 0 Å². The molecule has 0 atom stereocenters. The Kier molecular flexibility index (Phi) is 12.4. The van der Waals surface area contributed by atoms with Gasteiger partial charge in [0.25, 0.3) is 0 Å². The molecule has 8 heteroatoms. The molecule has 0 heterocycles. The summed E-state index contributed by atoms with van der Waals surface area (Å²) in [7, 11) is -5.81. The zero-order valence-corrected chi connectivity index (χ0v) is 42.2. The molecule has 0 bridgehead atoms. The van der Waals surface area contributed by atoms with Gasteiger partial charge in [-0.1, -0.05) is 0 Å². The maximum atomic E-state index is 22.7. The Balaban J connectivity index is 1.76. The summed E-state index contributed by atoms with van der Waals surface area (Å²) < 4.78 is 22.7. The molecular formula is C64H54O5P2S. The van der Waals surface area contributed by atoms with Gasteiger partial charge in [0.2, 0.25) is 0 Å². The predicted molar refractivity (Wildman–Crippen MR) is 302 cm³/mol. The molecule has 0 spiro atoms. The van der Waals surface area contributed by atoms with Gasteiger partial charge in [-0.2, -0.15) is 0 Å². The summed E-state index contributed by atoms with van der Waals surface area (Å²) >= 11 is 0. The normalized spacial score (nSPS) is 13.5. The summed E-state index contributed by atoms with van der Waals surface area (Å²) in [5.41, 5.74) is 1.93. The quantitative estimate of drug-likeness (QED) is 0.0941. The fourth-order valence-electron chi connectivity index (χ4n) is 12.3. The van der Waals surface area contributed by atoms with Gasteiger partial charge in [0.15, 0.2) is 0 Å². The van der Waals surface area contributed by atoms with Gasteiger partial charge >= 0.3 is 423 Å². The van der Waals surface area contributed by atoms with Crippen molar-refractivity contribution in [2.75, 3.05) is 0 Å². The van der Waals surface area contributed by atoms with Crippen LogP contribution in [0.3, 0.4) is 0 Å². The summed E-state index contributed by atoms with van der Waals surface area (Å²) in [4.78, 5) is 27.4. The van der Waals surface area contributed by atoms with Crippen molar-refractivity contribution in [1.82, 2.24) is 0 Å². The molecule has 10 aromatic carbocycles. The van der Waals surface area contributed by atoms with Gasteiger partial charge in [0.1, 0.15) is 0 Å². The summed E-state index contributed by atoms with van der Waals surface area (Å²) in [6, 6.07) is 97.1. The van der Waals surface area contributed by atoms with Gasteiger partial charge in [0.05, 0.1) is 0 Å². The molecule has 2 N–H and O–H groups in total. The SMILES string of the molecule is O=C(O)c1ccc(S(=O)(c2ccc(C(=O)O)cc2)(P(Cc2ccccc2)(c2ccccc2)(c2ccccc2)c2ccccc2)P(Cc2ccccc2)(c2ccccc2)(c2ccccc2)c2ccccc2)cc1. The molecule has 0 amide bonds. The van der Waals surface area contributed by atoms with Crippen LogP contribution in [0, 0.1) is 0 Å². The van der Waals surface area contributed by atoms with Crippen LogP contribution in [-0.4, -0.2) is 26.4 Å². The summed E-state index contributed by atoms with van der Waals surface area (Å²) in [6.45, 7) is 0. The van der Waals surface area contributed by atoms with Gasteiger partial charge < -0.3 is 0 Å². The third-order valence-electron chi connectivity index (χ3n) is 15.0. The average molecular weight is 997 g/mol. The standard InChI is InChI=1S/C64H54O5P2S/c65-63(66)53-41-45-61(46-42-53)72(69,62-47-43-54(44-48-62)64(67)68,70(55-29-13-3-14-30-55,56-31-15-4-16-32-56,57-33-17-5-18-34-57)49-51-25-9-1-10-26-51)71(58-35-19-6-20-36-58,59-37-21-7-22-38-59,60-39-23-8-24-40-60)50-52-27-11-2-12-28-52/h1-48H,49-50H2,(H,65,66)(H,67,68). The summed E-state index contributed by atoms with van der Waals surface area (Å²) in [5.74, 6) is -13.0. The zero-order chi connectivity index (χ0) is 49.8. The van der Waals surface area contributed by atoms with E-state index in [1.165, 1.54) is 0 Å². The number of rotatable bonds is 16. The monoisotopic (exact) mass is 996 g/mol. The second kappa shape index (κ2) is 18.7. The van der Waals surface area contributed by atoms with E-state index in [0.29, 0.717) is 9.79 Å². The summed E-state index contributed by atoms with van der Waals surface area (Å²) in [5, 5.41) is 26.7. The maximum absolute atomic E-state index is 22.7. The third-order valence-corrected chi connectivity index (χ3v) is 53.1. The van der Waals surface area contributed by atoms with Crippen molar-refractivity contribution in [3.63, 3.8) is 0 Å². The van der Waals surface area contributed by atoms with E-state index >= 15 is 4.21 Å². The number of carboxylic acid groups (broad SMARTS) is 2. The molecule has 0 fully saturated rings. The minimum absolute atomic E-state index is 0.0335. The average Bonchev–Trinajstić information content (AvgIpc) is 3.46. The van der Waals surface area contributed by atoms with Crippen LogP contribution in [0.15, 0.2) is 301 Å². The fourth-order valence-corrected chi connectivity index (χ4v) is 63.1. The van der Waals surface area contributed by atoms with Gasteiger partial charge in [-0.3, -0.25) is 0 Å². The van der Waals surface area contributed by atoms with Crippen LogP contribution in [0.2, 0.25) is 0 Å². The van der Waals surface area contributed by atoms with Crippen LogP contribution < -0.4 is 31.8 Å². The van der Waals surface area contributed by atoms with E-state index in [9.17, 15) is 19.8 Å². The molecule has 0 aromatic heterocycles. The van der Waals surface area contributed by atoms with Crippen LogP contribution in [-0.2, 0) is 20.6 Å². The predicted octanol–water partition coefficient (Wildman–Crippen LogP) is 12.6. The molecule has 0 aliphatic rings. The van der Waals surface area contributed by atoms with Crippen molar-refractivity contribution in [2.24, 2.45) is 0 Å². The van der Waals surface area contributed by atoms with Crippen molar-refractivity contribution >= 4 is 63.7 Å². The van der Waals surface area contributed by atoms with E-state index in [1.54, 1.807) is 24.3 Å². The molecule has 72 heavy (non-hydrogen) atoms. The topological polar surface area (TPSA) is 91.7 Å². The first kappa shape index (κ1) is 47.8. The van der Waals surface area contributed by atoms with Crippen molar-refractivity contribution in [3.05, 3.63) is 313 Å². The van der Waals surface area contributed by atoms with E-state index in [0.717, 1.165) is 43.0 Å². The Morgan fingerprint density at radius 3 is 0.681 bits per heavy atom. The molecular weight excluding hydrogens is 943 g/mol. The molecule has 10 rings (SSSR count).